The maximum absolute atomic E-state index is 14.7. The number of rotatable bonds is 3. The number of carbonyl (C=O) groups is 1. The first-order valence-corrected chi connectivity index (χ1v) is 12.4. The standard InChI is InChI=1S/C25H28F2N8O/c1-15-7-19-21(12-32(15)14-24(36)31-6-5-17(26)11-31)30-34-16(2)10-33(13-23(19)34)22-4-3-18(8-28)35-25(22)20(27)9-29-35/h3-4,9,15-17H,5-7,10-14H2,1-2H3/t15-,16+,17+/m0/s1. The van der Waals surface area contributed by atoms with Gasteiger partial charge < -0.3 is 9.80 Å². The van der Waals surface area contributed by atoms with Gasteiger partial charge in [0, 0.05) is 31.2 Å². The molecule has 3 aromatic rings. The number of alkyl halides is 1. The fourth-order valence-corrected chi connectivity index (χ4v) is 5.87. The van der Waals surface area contributed by atoms with Crippen molar-refractivity contribution in [1.82, 2.24) is 29.2 Å². The molecule has 1 saturated heterocycles. The van der Waals surface area contributed by atoms with Crippen LogP contribution in [0.2, 0.25) is 0 Å². The topological polar surface area (TPSA) is 85.7 Å². The highest BCUT2D eigenvalue weighted by Gasteiger charge is 2.36. The highest BCUT2D eigenvalue weighted by atomic mass is 19.1. The van der Waals surface area contributed by atoms with Crippen molar-refractivity contribution < 1.29 is 13.6 Å². The molecule has 0 radical (unpaired) electrons. The van der Waals surface area contributed by atoms with Crippen molar-refractivity contribution in [2.75, 3.05) is 31.1 Å². The van der Waals surface area contributed by atoms with Crippen LogP contribution in [0.1, 0.15) is 49.0 Å². The molecule has 0 N–H and O–H groups in total. The zero-order valence-electron chi connectivity index (χ0n) is 20.4. The maximum atomic E-state index is 14.7. The van der Waals surface area contributed by atoms with E-state index >= 15 is 0 Å². The van der Waals surface area contributed by atoms with Gasteiger partial charge in [0.15, 0.2) is 5.82 Å². The molecular formula is C25H28F2N8O. The first kappa shape index (κ1) is 22.9. The molecule has 6 rings (SSSR count). The molecule has 11 heteroatoms. The molecule has 9 nitrogen and oxygen atoms in total. The van der Waals surface area contributed by atoms with Crippen molar-refractivity contribution in [3.05, 3.63) is 46.8 Å². The van der Waals surface area contributed by atoms with Crippen LogP contribution in [0.4, 0.5) is 14.5 Å². The van der Waals surface area contributed by atoms with E-state index in [1.165, 1.54) is 10.1 Å². The van der Waals surface area contributed by atoms with Crippen molar-refractivity contribution in [3.8, 4) is 6.07 Å². The Morgan fingerprint density at radius 2 is 2.06 bits per heavy atom. The van der Waals surface area contributed by atoms with Gasteiger partial charge in [0.2, 0.25) is 5.91 Å². The number of carbonyl (C=O) groups excluding carboxylic acids is 1. The summed E-state index contributed by atoms with van der Waals surface area (Å²) in [5.74, 6) is -0.483. The minimum Gasteiger partial charge on any atom is -0.362 e. The highest BCUT2D eigenvalue weighted by molar-refractivity contribution is 5.78. The normalized spacial score (nSPS) is 24.1. The van der Waals surface area contributed by atoms with Crippen molar-refractivity contribution >= 4 is 17.1 Å². The van der Waals surface area contributed by atoms with Gasteiger partial charge in [-0.05, 0) is 38.8 Å². The lowest BCUT2D eigenvalue weighted by Gasteiger charge is -2.36. The molecule has 1 amide bonds. The van der Waals surface area contributed by atoms with E-state index < -0.39 is 12.0 Å². The average Bonchev–Trinajstić information content (AvgIpc) is 3.56. The Kier molecular flexibility index (Phi) is 5.44. The third-order valence-electron chi connectivity index (χ3n) is 7.79. The van der Waals surface area contributed by atoms with Crippen molar-refractivity contribution in [1.29, 1.82) is 5.26 Å². The second kappa shape index (κ2) is 8.55. The molecule has 36 heavy (non-hydrogen) atoms. The molecular weight excluding hydrogens is 466 g/mol. The molecule has 6 heterocycles. The molecule has 0 saturated carbocycles. The number of pyridine rings is 1. The number of fused-ring (bicyclic) bond motifs is 4. The van der Waals surface area contributed by atoms with Crippen LogP contribution < -0.4 is 4.90 Å². The lowest BCUT2D eigenvalue weighted by Crippen LogP contribution is -2.45. The van der Waals surface area contributed by atoms with Gasteiger partial charge in [-0.2, -0.15) is 15.5 Å². The molecule has 3 aliphatic rings. The first-order chi connectivity index (χ1) is 17.3. The van der Waals surface area contributed by atoms with Crippen LogP contribution in [0.5, 0.6) is 0 Å². The number of hydrogen-bond donors (Lipinski definition) is 0. The smallest absolute Gasteiger partial charge is 0.236 e. The van der Waals surface area contributed by atoms with Gasteiger partial charge in [-0.1, -0.05) is 0 Å². The molecule has 0 spiro atoms. The molecule has 3 aromatic heterocycles. The predicted octanol–water partition coefficient (Wildman–Crippen LogP) is 2.44. The van der Waals surface area contributed by atoms with Gasteiger partial charge in [-0.15, -0.1) is 0 Å². The lowest BCUT2D eigenvalue weighted by molar-refractivity contribution is -0.132. The Morgan fingerprint density at radius 3 is 2.81 bits per heavy atom. The molecule has 0 bridgehead atoms. The van der Waals surface area contributed by atoms with Gasteiger partial charge in [0.25, 0.3) is 0 Å². The molecule has 3 aliphatic heterocycles. The number of likely N-dealkylation sites (tertiary alicyclic amines) is 1. The second-order valence-corrected chi connectivity index (χ2v) is 10.2. The number of amides is 1. The first-order valence-electron chi connectivity index (χ1n) is 12.4. The van der Waals surface area contributed by atoms with Crippen molar-refractivity contribution in [3.63, 3.8) is 0 Å². The van der Waals surface area contributed by atoms with Crippen LogP contribution in [0.3, 0.4) is 0 Å². The summed E-state index contributed by atoms with van der Waals surface area (Å²) in [6, 6.07) is 5.72. The number of halogens is 2. The van der Waals surface area contributed by atoms with E-state index in [1.54, 1.807) is 17.0 Å². The number of aromatic nitrogens is 4. The van der Waals surface area contributed by atoms with E-state index in [4.69, 9.17) is 5.10 Å². The molecule has 1 fully saturated rings. The molecule has 0 aliphatic carbocycles. The van der Waals surface area contributed by atoms with E-state index in [2.05, 4.69) is 39.5 Å². The van der Waals surface area contributed by atoms with Gasteiger partial charge in [-0.3, -0.25) is 14.4 Å². The van der Waals surface area contributed by atoms with E-state index in [1.807, 2.05) is 0 Å². The third-order valence-corrected chi connectivity index (χ3v) is 7.79. The zero-order chi connectivity index (χ0) is 25.1. The minimum absolute atomic E-state index is 0.0263. The quantitative estimate of drug-likeness (QED) is 0.556. The Hall–Kier alpha value is -3.52. The lowest BCUT2D eigenvalue weighted by atomic mass is 9.97. The van der Waals surface area contributed by atoms with Gasteiger partial charge in [0.1, 0.15) is 23.5 Å². The average molecular weight is 495 g/mol. The van der Waals surface area contributed by atoms with Gasteiger partial charge >= 0.3 is 0 Å². The number of anilines is 1. The summed E-state index contributed by atoms with van der Waals surface area (Å²) in [5.41, 5.74) is 4.54. The van der Waals surface area contributed by atoms with Crippen LogP contribution in [0, 0.1) is 17.1 Å². The van der Waals surface area contributed by atoms with Crippen LogP contribution in [0.25, 0.3) is 5.52 Å². The highest BCUT2D eigenvalue weighted by Crippen LogP contribution is 2.35. The Labute approximate surface area is 207 Å². The number of hydrogen-bond acceptors (Lipinski definition) is 6. The number of nitriles is 1. The van der Waals surface area contributed by atoms with Crippen molar-refractivity contribution in [2.24, 2.45) is 0 Å². The van der Waals surface area contributed by atoms with Crippen LogP contribution >= 0.6 is 0 Å². The Morgan fingerprint density at radius 1 is 1.22 bits per heavy atom. The second-order valence-electron chi connectivity index (χ2n) is 10.2. The summed E-state index contributed by atoms with van der Waals surface area (Å²) in [6.07, 6.45) is 1.40. The van der Waals surface area contributed by atoms with Crippen molar-refractivity contribution in [2.45, 2.75) is 58.0 Å². The molecule has 3 atom stereocenters. The number of nitrogens with zero attached hydrogens (tertiary/aromatic N) is 8. The van der Waals surface area contributed by atoms with E-state index in [0.717, 1.165) is 24.0 Å². The summed E-state index contributed by atoms with van der Waals surface area (Å²) in [5, 5.41) is 18.4. The Bertz CT molecular complexity index is 1390. The predicted molar refractivity (Wildman–Crippen MR) is 128 cm³/mol. The maximum Gasteiger partial charge on any atom is 0.236 e. The van der Waals surface area contributed by atoms with E-state index in [0.29, 0.717) is 43.8 Å². The SMILES string of the molecule is C[C@@H]1CN(c2ccc(C#N)n3ncc(F)c23)Cc2c3c(nn21)CN(CC(=O)N1CC[C@@H](F)C1)[C@@H](C)C3. The molecule has 0 unspecified atom stereocenters. The summed E-state index contributed by atoms with van der Waals surface area (Å²) in [7, 11) is 0. The largest absolute Gasteiger partial charge is 0.362 e. The summed E-state index contributed by atoms with van der Waals surface area (Å²) in [6.45, 7) is 6.91. The molecule has 188 valence electrons. The monoisotopic (exact) mass is 494 g/mol. The summed E-state index contributed by atoms with van der Waals surface area (Å²) >= 11 is 0. The summed E-state index contributed by atoms with van der Waals surface area (Å²) < 4.78 is 31.7. The van der Waals surface area contributed by atoms with Crippen LogP contribution in [-0.4, -0.2) is 73.5 Å². The molecule has 0 aromatic carbocycles. The fourth-order valence-electron chi connectivity index (χ4n) is 5.87. The third kappa shape index (κ3) is 3.63. The van der Waals surface area contributed by atoms with E-state index in [-0.39, 0.29) is 36.8 Å². The van der Waals surface area contributed by atoms with Crippen LogP contribution in [0.15, 0.2) is 18.3 Å². The Balaban J connectivity index is 1.27. The van der Waals surface area contributed by atoms with E-state index in [9.17, 15) is 18.8 Å². The zero-order valence-corrected chi connectivity index (χ0v) is 20.4. The van der Waals surface area contributed by atoms with Gasteiger partial charge in [-0.25, -0.2) is 13.3 Å². The fraction of sp³-hybridized carbons (Fsp3) is 0.520. The minimum atomic E-state index is -0.919. The van der Waals surface area contributed by atoms with Crippen LogP contribution in [-0.2, 0) is 24.3 Å². The summed E-state index contributed by atoms with van der Waals surface area (Å²) in [4.78, 5) is 18.6. The van der Waals surface area contributed by atoms with Gasteiger partial charge in [0.05, 0.1) is 48.9 Å².